The van der Waals surface area contributed by atoms with Crippen LogP contribution in [0, 0.1) is 0 Å². The molecule has 0 amide bonds. The van der Waals surface area contributed by atoms with Gasteiger partial charge in [-0.25, -0.2) is 0 Å². The van der Waals surface area contributed by atoms with Crippen molar-refractivity contribution in [2.24, 2.45) is 0 Å². The zero-order valence-electron chi connectivity index (χ0n) is 37.3. The Kier molecular flexibility index (Phi) is 8.60. The average Bonchev–Trinajstić information content (AvgIpc) is 3.57. The van der Waals surface area contributed by atoms with Gasteiger partial charge < -0.3 is 4.90 Å². The number of fused-ring (bicyclic) bond motifs is 6. The van der Waals surface area contributed by atoms with E-state index in [1.165, 1.54) is 0 Å². The Bertz CT molecular complexity index is 2810. The molecule has 0 bridgehead atoms. The summed E-state index contributed by atoms with van der Waals surface area (Å²) >= 11 is 0. The summed E-state index contributed by atoms with van der Waals surface area (Å²) in [5.41, 5.74) is 2.01. The van der Waals surface area contributed by atoms with E-state index in [9.17, 15) is 28.7 Å². The zero-order chi connectivity index (χ0) is 44.1. The minimum Gasteiger partial charge on any atom is -0.344 e. The highest BCUT2D eigenvalue weighted by Crippen LogP contribution is 2.51. The lowest BCUT2D eigenvalue weighted by Gasteiger charge is -2.27. The van der Waals surface area contributed by atoms with Gasteiger partial charge in [0.05, 0.1) is 26.5 Å². The Morgan fingerprint density at radius 1 is 0.679 bits per heavy atom. The minimum atomic E-state index is -4.20. The molecule has 0 atom stereocenters. The van der Waals surface area contributed by atoms with Gasteiger partial charge in [0.25, 0.3) is 20.2 Å². The summed E-state index contributed by atoms with van der Waals surface area (Å²) in [6, 6.07) is 18.5. The molecule has 8 nitrogen and oxygen atoms in total. The van der Waals surface area contributed by atoms with Crippen molar-refractivity contribution in [2.75, 3.05) is 29.5 Å². The smallest absolute Gasteiger partial charge is 0.264 e. The fraction of sp³-hybridized carbons (Fsp3) is 0.326. The summed E-state index contributed by atoms with van der Waals surface area (Å²) in [6.07, 6.45) is 0.856. The number of allylic oxidation sites excluding steroid dienone is 8. The van der Waals surface area contributed by atoms with E-state index in [-0.39, 0.29) is 25.9 Å². The first-order valence-electron chi connectivity index (χ1n) is 21.1. The van der Waals surface area contributed by atoms with Crippen molar-refractivity contribution in [3.63, 3.8) is 0 Å². The van der Waals surface area contributed by atoms with Gasteiger partial charge in [0.15, 0.2) is 5.71 Å². The first kappa shape index (κ1) is 30.0. The Balaban J connectivity index is 1.45. The lowest BCUT2D eigenvalue weighted by atomic mass is 9.79. The molecule has 278 valence electrons. The molecular weight excluding hydrogens is 705 g/mol. The number of unbranched alkanes of at least 4 members (excludes halogenated alkanes) is 2. The summed E-state index contributed by atoms with van der Waals surface area (Å²) in [5.74, 6) is -0.903. The van der Waals surface area contributed by atoms with Crippen molar-refractivity contribution in [1.29, 1.82) is 0 Å². The summed E-state index contributed by atoms with van der Waals surface area (Å²) in [6.45, 7) is 7.98. The van der Waals surface area contributed by atoms with E-state index in [1.54, 1.807) is 0 Å². The average molecular weight is 761 g/mol. The Hall–Kier alpha value is -4.35. The van der Waals surface area contributed by atoms with Crippen LogP contribution in [0.25, 0.3) is 21.5 Å². The molecule has 4 aromatic carbocycles. The fourth-order valence-electron chi connectivity index (χ4n) is 7.73. The van der Waals surface area contributed by atoms with Crippen LogP contribution in [0.5, 0.6) is 0 Å². The second-order valence-corrected chi connectivity index (χ2v) is 17.6. The minimum absolute atomic E-state index is 0.127. The highest BCUT2D eigenvalue weighted by molar-refractivity contribution is 7.86. The van der Waals surface area contributed by atoms with E-state index in [2.05, 4.69) is 0 Å². The van der Waals surface area contributed by atoms with Crippen LogP contribution in [0.2, 0.25) is 0 Å². The van der Waals surface area contributed by atoms with Crippen molar-refractivity contribution < 1.29 is 40.1 Å². The normalized spacial score (nSPS) is 20.9. The van der Waals surface area contributed by atoms with E-state index in [4.69, 9.17) is 6.85 Å². The molecule has 2 heterocycles. The largest absolute Gasteiger partial charge is 0.344 e. The van der Waals surface area contributed by atoms with Crippen LogP contribution >= 0.6 is 0 Å². The van der Waals surface area contributed by atoms with E-state index >= 15 is 0 Å². The van der Waals surface area contributed by atoms with Gasteiger partial charge in [0.1, 0.15) is 6.54 Å². The van der Waals surface area contributed by atoms with Crippen molar-refractivity contribution >= 4 is 58.9 Å². The number of hydrogen-bond acceptors (Lipinski definition) is 5. The Labute approximate surface area is 323 Å². The maximum atomic E-state index is 11.5. The van der Waals surface area contributed by atoms with E-state index < -0.39 is 84.9 Å². The number of benzene rings is 4. The maximum absolute atomic E-state index is 11.5. The molecule has 2 aliphatic heterocycles. The molecule has 2 N–H and O–H groups in total. The van der Waals surface area contributed by atoms with Gasteiger partial charge in [-0.05, 0) is 78.4 Å². The summed E-state index contributed by atoms with van der Waals surface area (Å²) in [7, 11) is -8.41. The molecule has 4 aromatic rings. The van der Waals surface area contributed by atoms with Crippen LogP contribution in [-0.4, -0.2) is 60.8 Å². The third-order valence-electron chi connectivity index (χ3n) is 10.0. The van der Waals surface area contributed by atoms with Crippen molar-refractivity contribution in [1.82, 2.24) is 0 Å². The van der Waals surface area contributed by atoms with Gasteiger partial charge in [-0.3, -0.25) is 9.11 Å². The maximum Gasteiger partial charge on any atom is 0.264 e. The first-order chi connectivity index (χ1) is 28.0. The van der Waals surface area contributed by atoms with Gasteiger partial charge >= 0.3 is 0 Å². The van der Waals surface area contributed by atoms with Crippen molar-refractivity contribution in [2.45, 2.75) is 64.2 Å². The first-order valence-corrected chi connectivity index (χ1v) is 20.8. The molecule has 0 saturated heterocycles. The highest BCUT2D eigenvalue weighted by Gasteiger charge is 2.45. The molecule has 0 saturated carbocycles. The molecule has 0 radical (unpaired) electrons. The third-order valence-corrected chi connectivity index (χ3v) is 11.7. The van der Waals surface area contributed by atoms with E-state index in [0.29, 0.717) is 24.3 Å². The van der Waals surface area contributed by atoms with Crippen molar-refractivity contribution in [3.8, 4) is 0 Å². The quantitative estimate of drug-likeness (QED) is 0.0571. The van der Waals surface area contributed by atoms with Crippen LogP contribution in [-0.2, 0) is 31.1 Å². The van der Waals surface area contributed by atoms with Crippen LogP contribution in [0.3, 0.4) is 0 Å². The molecule has 0 aromatic heterocycles. The number of hydrogen-bond donors (Lipinski definition) is 2. The number of nitrogens with zero attached hydrogens (tertiary/aromatic N) is 2. The van der Waals surface area contributed by atoms with Gasteiger partial charge in [0, 0.05) is 47.4 Å². The van der Waals surface area contributed by atoms with Crippen LogP contribution < -0.4 is 4.90 Å². The zero-order valence-corrected chi connectivity index (χ0v) is 32.0. The Morgan fingerprint density at radius 3 is 1.91 bits per heavy atom. The lowest BCUT2D eigenvalue weighted by Crippen LogP contribution is -2.28. The molecule has 0 aliphatic carbocycles. The molecule has 0 fully saturated rings. The molecule has 6 rings (SSSR count). The summed E-state index contributed by atoms with van der Waals surface area (Å²) in [5, 5.41) is 3.70. The van der Waals surface area contributed by atoms with Gasteiger partial charge in [-0.2, -0.15) is 21.4 Å². The predicted molar refractivity (Wildman–Crippen MR) is 218 cm³/mol. The molecule has 2 aliphatic rings. The van der Waals surface area contributed by atoms with Gasteiger partial charge in [0.2, 0.25) is 5.69 Å². The summed E-state index contributed by atoms with van der Waals surface area (Å²) in [4.78, 5) is 1.81. The number of rotatable bonds is 14. The predicted octanol–water partition coefficient (Wildman–Crippen LogP) is 9.06. The van der Waals surface area contributed by atoms with Gasteiger partial charge in [-0.1, -0.05) is 98.7 Å². The van der Waals surface area contributed by atoms with E-state index in [0.717, 1.165) is 44.0 Å². The van der Waals surface area contributed by atoms with Crippen molar-refractivity contribution in [3.05, 3.63) is 132 Å². The highest BCUT2D eigenvalue weighted by atomic mass is 32.2. The Morgan fingerprint density at radius 2 is 1.25 bits per heavy atom. The second-order valence-electron chi connectivity index (χ2n) is 14.5. The molecule has 0 unspecified atom stereocenters. The molecule has 10 heteroatoms. The monoisotopic (exact) mass is 760 g/mol. The van der Waals surface area contributed by atoms with Gasteiger partial charge in [-0.15, -0.1) is 0 Å². The van der Waals surface area contributed by atoms with Crippen LogP contribution in [0.1, 0.15) is 74.1 Å². The SMILES string of the molecule is [2H]\C(C1=[N+](CCCCS(=O)(=O)O)c2ccc3ccccc3c2C1(C)C)=C([2H])/C([2H])=C([2H])/C([2H])=C([2H])/C([2H])=C1/N(CCCCS(=O)(=O)O)c2ccc3ccccc3c2C1(C)C. The van der Waals surface area contributed by atoms with E-state index in [1.807, 2.05) is 110 Å². The molecule has 53 heavy (non-hydrogen) atoms. The molecule has 0 spiro atoms. The summed E-state index contributed by atoms with van der Waals surface area (Å²) < 4.78 is 130. The van der Waals surface area contributed by atoms with Crippen LogP contribution in [0.15, 0.2) is 121 Å². The van der Waals surface area contributed by atoms with Crippen LogP contribution in [0.4, 0.5) is 11.4 Å². The number of anilines is 1. The molecular formula is C43H49N2O6S2+. The lowest BCUT2D eigenvalue weighted by molar-refractivity contribution is -0.438. The second kappa shape index (κ2) is 15.2. The standard InChI is InChI=1S/C43H48N2O6S2/c1-42(2)38(44(28-14-16-30-52(46,47)48)36-26-24-32-18-10-12-20-34(32)40(36)42)22-8-6-5-7-9-23-39-43(3,4)41-35-21-13-11-19-33(35)25-27-37(41)45(39)29-15-17-31-53(49,50)51/h5-13,18-27H,14-17,28-31H2,1-4H3,(H-,46,47,48,49,50,51)/p+1/i5D,6D,7D,8D,9D,22D,23D. The third kappa shape index (κ3) is 8.26. The fourth-order valence-corrected chi connectivity index (χ4v) is 8.87. The topological polar surface area (TPSA) is 115 Å².